The highest BCUT2D eigenvalue weighted by Gasteiger charge is 2.17. The lowest BCUT2D eigenvalue weighted by Gasteiger charge is -2.10. The quantitative estimate of drug-likeness (QED) is 0.568. The molecule has 0 aliphatic carbocycles. The molecule has 3 rings (SSSR count). The molecule has 0 unspecified atom stereocenters. The number of nitrogens with zero attached hydrogens (tertiary/aromatic N) is 3. The molecule has 2 heterocycles. The monoisotopic (exact) mass is 343 g/mol. The molecule has 0 aliphatic heterocycles. The maximum Gasteiger partial charge on any atom is 0.329 e. The first-order valence-electron chi connectivity index (χ1n) is 8.11. The number of hydrogen-bond donors (Lipinski definition) is 3. The smallest absolute Gasteiger partial charge is 0.329 e. The van der Waals surface area contributed by atoms with Gasteiger partial charge < -0.3 is 10.4 Å². The zero-order valence-electron chi connectivity index (χ0n) is 14.2. The average Bonchev–Trinajstić information content (AvgIpc) is 2.92. The summed E-state index contributed by atoms with van der Waals surface area (Å²) in [5, 5.41) is 12.1. The summed E-state index contributed by atoms with van der Waals surface area (Å²) in [6, 6.07) is 7.99. The van der Waals surface area contributed by atoms with Gasteiger partial charge in [0.25, 0.3) is 5.56 Å². The molecule has 0 saturated carbocycles. The van der Waals surface area contributed by atoms with Crippen LogP contribution in [0.15, 0.2) is 33.9 Å². The third-order valence-electron chi connectivity index (χ3n) is 4.05. The van der Waals surface area contributed by atoms with Crippen molar-refractivity contribution in [2.24, 2.45) is 7.05 Å². The highest BCUT2D eigenvalue weighted by molar-refractivity contribution is 5.74. The van der Waals surface area contributed by atoms with Crippen LogP contribution in [0.25, 0.3) is 11.2 Å². The van der Waals surface area contributed by atoms with Gasteiger partial charge in [-0.15, -0.1) is 0 Å². The third kappa shape index (κ3) is 3.34. The molecule has 3 N–H and O–H groups in total. The Kier molecular flexibility index (Phi) is 4.71. The highest BCUT2D eigenvalue weighted by Crippen LogP contribution is 2.18. The lowest BCUT2D eigenvalue weighted by molar-refractivity contribution is 0.292. The number of aromatic amines is 1. The Hall–Kier alpha value is -2.87. The van der Waals surface area contributed by atoms with E-state index in [1.807, 2.05) is 31.2 Å². The van der Waals surface area contributed by atoms with Gasteiger partial charge in [-0.2, -0.15) is 4.98 Å². The molecule has 0 spiro atoms. The Morgan fingerprint density at radius 3 is 2.84 bits per heavy atom. The van der Waals surface area contributed by atoms with Gasteiger partial charge in [0.15, 0.2) is 11.2 Å². The topological polar surface area (TPSA) is 105 Å². The number of aliphatic hydroxyl groups excluding tert-OH is 1. The van der Waals surface area contributed by atoms with E-state index in [0.717, 1.165) is 11.1 Å². The number of H-pyrrole nitrogens is 1. The van der Waals surface area contributed by atoms with Gasteiger partial charge in [0, 0.05) is 20.2 Å². The van der Waals surface area contributed by atoms with Crippen LogP contribution in [-0.4, -0.2) is 37.4 Å². The molecular weight excluding hydrogens is 322 g/mol. The minimum atomic E-state index is -0.500. The van der Waals surface area contributed by atoms with Gasteiger partial charge in [0.05, 0.1) is 6.54 Å². The van der Waals surface area contributed by atoms with Crippen LogP contribution in [0.4, 0.5) is 5.95 Å². The van der Waals surface area contributed by atoms with Crippen molar-refractivity contribution in [1.29, 1.82) is 0 Å². The number of aryl methyl sites for hydroxylation is 2. The predicted octanol–water partition coefficient (Wildman–Crippen LogP) is 0.574. The second kappa shape index (κ2) is 6.94. The number of nitrogens with one attached hydrogen (secondary N) is 2. The summed E-state index contributed by atoms with van der Waals surface area (Å²) < 4.78 is 3.08. The largest absolute Gasteiger partial charge is 0.396 e. The number of imidazole rings is 1. The number of aromatic nitrogens is 4. The molecule has 132 valence electrons. The standard InChI is InChI=1S/C17H21N5O3/c1-11-5-3-6-12(9-11)10-22-13-14(19-16(22)18-7-4-8-23)21(2)17(25)20-15(13)24/h3,5-6,9,23H,4,7-8,10H2,1-2H3,(H,18,19)(H,20,24,25). The lowest BCUT2D eigenvalue weighted by Crippen LogP contribution is -2.29. The molecule has 25 heavy (non-hydrogen) atoms. The van der Waals surface area contributed by atoms with Gasteiger partial charge in [-0.1, -0.05) is 29.8 Å². The van der Waals surface area contributed by atoms with E-state index in [0.29, 0.717) is 36.6 Å². The molecule has 0 amide bonds. The van der Waals surface area contributed by atoms with Crippen molar-refractivity contribution >= 4 is 17.1 Å². The molecule has 0 saturated heterocycles. The van der Waals surface area contributed by atoms with Crippen molar-refractivity contribution in [3.63, 3.8) is 0 Å². The number of rotatable bonds is 6. The van der Waals surface area contributed by atoms with Gasteiger partial charge in [0.2, 0.25) is 5.95 Å². The summed E-state index contributed by atoms with van der Waals surface area (Å²) >= 11 is 0. The molecule has 8 nitrogen and oxygen atoms in total. The summed E-state index contributed by atoms with van der Waals surface area (Å²) in [6.45, 7) is 3.02. The van der Waals surface area contributed by atoms with Crippen LogP contribution < -0.4 is 16.6 Å². The van der Waals surface area contributed by atoms with Crippen LogP contribution in [0.3, 0.4) is 0 Å². The van der Waals surface area contributed by atoms with Crippen LogP contribution in [0.5, 0.6) is 0 Å². The summed E-state index contributed by atoms with van der Waals surface area (Å²) in [5.74, 6) is 0.497. The van der Waals surface area contributed by atoms with Gasteiger partial charge in [-0.25, -0.2) is 4.79 Å². The van der Waals surface area contributed by atoms with E-state index in [-0.39, 0.29) is 6.61 Å². The molecule has 0 aliphatic rings. The van der Waals surface area contributed by atoms with Gasteiger partial charge in [0.1, 0.15) is 0 Å². The minimum absolute atomic E-state index is 0.0597. The van der Waals surface area contributed by atoms with E-state index in [1.54, 1.807) is 11.6 Å². The zero-order chi connectivity index (χ0) is 18.0. The number of hydrogen-bond acceptors (Lipinski definition) is 5. The minimum Gasteiger partial charge on any atom is -0.396 e. The summed E-state index contributed by atoms with van der Waals surface area (Å²) in [4.78, 5) is 31.0. The SMILES string of the molecule is Cc1cccc(Cn2c(NCCCO)nc3c2c(=O)[nH]c(=O)n3C)c1. The molecule has 0 bridgehead atoms. The van der Waals surface area contributed by atoms with Crippen molar-refractivity contribution in [2.75, 3.05) is 18.5 Å². The van der Waals surface area contributed by atoms with Gasteiger partial charge >= 0.3 is 5.69 Å². The number of benzene rings is 1. The van der Waals surface area contributed by atoms with Gasteiger partial charge in [-0.3, -0.25) is 18.9 Å². The molecule has 8 heteroatoms. The average molecular weight is 343 g/mol. The predicted molar refractivity (Wildman–Crippen MR) is 96.1 cm³/mol. The molecular formula is C17H21N5O3. The fourth-order valence-electron chi connectivity index (χ4n) is 2.80. The Morgan fingerprint density at radius 1 is 1.32 bits per heavy atom. The van der Waals surface area contributed by atoms with Crippen LogP contribution >= 0.6 is 0 Å². The van der Waals surface area contributed by atoms with E-state index in [9.17, 15) is 9.59 Å². The third-order valence-corrected chi connectivity index (χ3v) is 4.05. The first-order chi connectivity index (χ1) is 12.0. The van der Waals surface area contributed by atoms with Crippen LogP contribution in [0.1, 0.15) is 17.5 Å². The second-order valence-electron chi connectivity index (χ2n) is 6.01. The Balaban J connectivity index is 2.15. The maximum absolute atomic E-state index is 12.4. The van der Waals surface area contributed by atoms with Crippen LogP contribution in [-0.2, 0) is 13.6 Å². The van der Waals surface area contributed by atoms with Crippen LogP contribution in [0, 0.1) is 6.92 Å². The van der Waals surface area contributed by atoms with Crippen molar-refractivity contribution in [3.05, 3.63) is 56.2 Å². The summed E-state index contributed by atoms with van der Waals surface area (Å²) in [6.07, 6.45) is 0.558. The molecule has 3 aromatic rings. The highest BCUT2D eigenvalue weighted by atomic mass is 16.3. The molecule has 0 radical (unpaired) electrons. The zero-order valence-corrected chi connectivity index (χ0v) is 14.2. The summed E-state index contributed by atoms with van der Waals surface area (Å²) in [5.41, 5.74) is 1.85. The van der Waals surface area contributed by atoms with Crippen molar-refractivity contribution < 1.29 is 5.11 Å². The number of anilines is 1. The molecule has 2 aromatic heterocycles. The van der Waals surface area contributed by atoms with Gasteiger partial charge in [-0.05, 0) is 18.9 Å². The first kappa shape index (κ1) is 17.0. The van der Waals surface area contributed by atoms with E-state index >= 15 is 0 Å². The fourth-order valence-corrected chi connectivity index (χ4v) is 2.80. The normalized spacial score (nSPS) is 11.2. The van der Waals surface area contributed by atoms with E-state index in [2.05, 4.69) is 15.3 Å². The Labute approximate surface area is 143 Å². The first-order valence-corrected chi connectivity index (χ1v) is 8.11. The summed E-state index contributed by atoms with van der Waals surface area (Å²) in [7, 11) is 1.57. The van der Waals surface area contributed by atoms with E-state index < -0.39 is 11.2 Å². The number of fused-ring (bicyclic) bond motifs is 1. The Morgan fingerprint density at radius 2 is 2.12 bits per heavy atom. The van der Waals surface area contributed by atoms with Crippen molar-refractivity contribution in [2.45, 2.75) is 19.9 Å². The Bertz CT molecular complexity index is 1020. The molecule has 0 fully saturated rings. The molecule has 0 atom stereocenters. The second-order valence-corrected chi connectivity index (χ2v) is 6.01. The van der Waals surface area contributed by atoms with E-state index in [4.69, 9.17) is 5.11 Å². The van der Waals surface area contributed by atoms with Crippen LogP contribution in [0.2, 0.25) is 0 Å². The lowest BCUT2D eigenvalue weighted by atomic mass is 10.1. The van der Waals surface area contributed by atoms with Crippen molar-refractivity contribution in [1.82, 2.24) is 19.1 Å². The fraction of sp³-hybridized carbons (Fsp3) is 0.353. The molecule has 1 aromatic carbocycles. The number of aliphatic hydroxyl groups is 1. The van der Waals surface area contributed by atoms with E-state index in [1.165, 1.54) is 4.57 Å². The maximum atomic E-state index is 12.4. The van der Waals surface area contributed by atoms with Crippen molar-refractivity contribution in [3.8, 4) is 0 Å².